The minimum absolute atomic E-state index is 0.0468. The Morgan fingerprint density at radius 1 is 1.50 bits per heavy atom. The quantitative estimate of drug-likeness (QED) is 0.928. The normalized spacial score (nSPS) is 20.0. The van der Waals surface area contributed by atoms with Gasteiger partial charge >= 0.3 is 6.18 Å². The van der Waals surface area contributed by atoms with Crippen molar-refractivity contribution in [1.29, 1.82) is 0 Å². The number of aromatic nitrogens is 2. The van der Waals surface area contributed by atoms with E-state index < -0.39 is 11.2 Å². The molecule has 0 aliphatic carbocycles. The van der Waals surface area contributed by atoms with E-state index in [0.717, 1.165) is 12.8 Å². The minimum atomic E-state index is -4.46. The van der Waals surface area contributed by atoms with Gasteiger partial charge in [0.15, 0.2) is 0 Å². The Hall–Kier alpha value is -1.38. The Balaban J connectivity index is 2.02. The van der Waals surface area contributed by atoms with Crippen LogP contribution in [0.1, 0.15) is 31.2 Å². The van der Waals surface area contributed by atoms with Gasteiger partial charge in [-0.3, -0.25) is 4.79 Å². The standard InChI is InChI=1S/C11H15F3N4OS/c1-2-8(19)15-7-4-3-5-18(6-7)10-17-16-9(20-10)11(12,13)14/h7H,2-6H2,1H3,(H,15,19). The van der Waals surface area contributed by atoms with Crippen LogP contribution < -0.4 is 10.2 Å². The molecule has 0 bridgehead atoms. The van der Waals surface area contributed by atoms with Gasteiger partial charge in [0, 0.05) is 25.6 Å². The molecule has 1 unspecified atom stereocenters. The third-order valence-electron chi connectivity index (χ3n) is 3.03. The Bertz CT molecular complexity index is 476. The van der Waals surface area contributed by atoms with Gasteiger partial charge in [-0.15, -0.1) is 10.2 Å². The highest BCUT2D eigenvalue weighted by Gasteiger charge is 2.36. The maximum Gasteiger partial charge on any atom is 0.445 e. The SMILES string of the molecule is CCC(=O)NC1CCCN(c2nnc(C(F)(F)F)s2)C1. The molecule has 1 aliphatic heterocycles. The van der Waals surface area contributed by atoms with Crippen LogP contribution in [0.2, 0.25) is 0 Å². The molecule has 0 aromatic carbocycles. The number of hydrogen-bond donors (Lipinski definition) is 1. The molecular formula is C11H15F3N4OS. The molecule has 1 atom stereocenters. The lowest BCUT2D eigenvalue weighted by Gasteiger charge is -2.32. The van der Waals surface area contributed by atoms with Crippen molar-refractivity contribution in [3.05, 3.63) is 5.01 Å². The maximum atomic E-state index is 12.5. The van der Waals surface area contributed by atoms with E-state index in [0.29, 0.717) is 30.8 Å². The summed E-state index contributed by atoms with van der Waals surface area (Å²) in [5.41, 5.74) is 0. The topological polar surface area (TPSA) is 58.1 Å². The summed E-state index contributed by atoms with van der Waals surface area (Å²) in [5.74, 6) is -0.0508. The number of anilines is 1. The molecule has 5 nitrogen and oxygen atoms in total. The largest absolute Gasteiger partial charge is 0.445 e. The van der Waals surface area contributed by atoms with Gasteiger partial charge in [0.1, 0.15) is 0 Å². The Kier molecular flexibility index (Phi) is 4.46. The molecule has 2 heterocycles. The minimum Gasteiger partial charge on any atom is -0.352 e. The zero-order chi connectivity index (χ0) is 14.8. The zero-order valence-corrected chi connectivity index (χ0v) is 11.7. The van der Waals surface area contributed by atoms with Crippen LogP contribution in [0.5, 0.6) is 0 Å². The molecule has 112 valence electrons. The summed E-state index contributed by atoms with van der Waals surface area (Å²) < 4.78 is 37.5. The van der Waals surface area contributed by atoms with Crippen LogP contribution in [0.25, 0.3) is 0 Å². The molecule has 20 heavy (non-hydrogen) atoms. The molecule has 1 aliphatic rings. The third-order valence-corrected chi connectivity index (χ3v) is 4.06. The maximum absolute atomic E-state index is 12.5. The van der Waals surface area contributed by atoms with Crippen LogP contribution in [0.15, 0.2) is 0 Å². The summed E-state index contributed by atoms with van der Waals surface area (Å²) in [7, 11) is 0. The fraction of sp³-hybridized carbons (Fsp3) is 0.727. The highest BCUT2D eigenvalue weighted by molar-refractivity contribution is 7.15. The van der Waals surface area contributed by atoms with Crippen molar-refractivity contribution < 1.29 is 18.0 Å². The number of nitrogens with zero attached hydrogens (tertiary/aromatic N) is 3. The number of piperidine rings is 1. The Morgan fingerprint density at radius 3 is 2.85 bits per heavy atom. The third kappa shape index (κ3) is 3.59. The number of alkyl halides is 3. The van der Waals surface area contributed by atoms with Crippen molar-refractivity contribution in [2.75, 3.05) is 18.0 Å². The lowest BCUT2D eigenvalue weighted by molar-refractivity contribution is -0.138. The van der Waals surface area contributed by atoms with Crippen LogP contribution in [0.4, 0.5) is 18.3 Å². The predicted molar refractivity (Wildman–Crippen MR) is 68.6 cm³/mol. The molecule has 0 radical (unpaired) electrons. The number of carbonyl (C=O) groups excluding carboxylic acids is 1. The number of rotatable bonds is 3. The fourth-order valence-corrected chi connectivity index (χ4v) is 2.80. The van der Waals surface area contributed by atoms with E-state index in [1.807, 2.05) is 0 Å². The summed E-state index contributed by atoms with van der Waals surface area (Å²) in [6.07, 6.45) is -2.43. The van der Waals surface area contributed by atoms with Crippen LogP contribution >= 0.6 is 11.3 Å². The average molecular weight is 308 g/mol. The van der Waals surface area contributed by atoms with Crippen LogP contribution in [0.3, 0.4) is 0 Å². The molecule has 1 N–H and O–H groups in total. The first-order valence-electron chi connectivity index (χ1n) is 6.35. The number of nitrogens with one attached hydrogen (secondary N) is 1. The van der Waals surface area contributed by atoms with Crippen molar-refractivity contribution in [1.82, 2.24) is 15.5 Å². The number of amides is 1. The summed E-state index contributed by atoms with van der Waals surface area (Å²) >= 11 is 0.539. The van der Waals surface area contributed by atoms with Gasteiger partial charge in [0.05, 0.1) is 0 Å². The van der Waals surface area contributed by atoms with Gasteiger partial charge in [0.2, 0.25) is 16.0 Å². The first-order valence-corrected chi connectivity index (χ1v) is 7.16. The van der Waals surface area contributed by atoms with Gasteiger partial charge in [-0.1, -0.05) is 18.3 Å². The summed E-state index contributed by atoms with van der Waals surface area (Å²) in [6.45, 7) is 2.86. The van der Waals surface area contributed by atoms with E-state index >= 15 is 0 Å². The first kappa shape index (κ1) is 15.0. The number of hydrogen-bond acceptors (Lipinski definition) is 5. The second-order valence-electron chi connectivity index (χ2n) is 4.59. The molecule has 2 rings (SSSR count). The number of halogens is 3. The molecule has 1 saturated heterocycles. The molecule has 1 fully saturated rings. The number of carbonyl (C=O) groups is 1. The second-order valence-corrected chi connectivity index (χ2v) is 5.55. The van der Waals surface area contributed by atoms with E-state index in [1.54, 1.807) is 11.8 Å². The summed E-state index contributed by atoms with van der Waals surface area (Å²) in [6, 6.07) is -0.0468. The summed E-state index contributed by atoms with van der Waals surface area (Å²) in [4.78, 5) is 13.1. The second kappa shape index (κ2) is 5.94. The van der Waals surface area contributed by atoms with E-state index in [4.69, 9.17) is 0 Å². The fourth-order valence-electron chi connectivity index (χ4n) is 2.06. The lowest BCUT2D eigenvalue weighted by atomic mass is 10.1. The average Bonchev–Trinajstić information content (AvgIpc) is 2.88. The highest BCUT2D eigenvalue weighted by atomic mass is 32.1. The molecular weight excluding hydrogens is 293 g/mol. The molecule has 1 aromatic rings. The molecule has 0 saturated carbocycles. The molecule has 1 aromatic heterocycles. The predicted octanol–water partition coefficient (Wildman–Crippen LogP) is 2.05. The van der Waals surface area contributed by atoms with E-state index in [2.05, 4.69) is 15.5 Å². The van der Waals surface area contributed by atoms with Crippen molar-refractivity contribution in [2.45, 2.75) is 38.4 Å². The first-order chi connectivity index (χ1) is 9.40. The van der Waals surface area contributed by atoms with Gasteiger partial charge in [0.25, 0.3) is 0 Å². The smallest absolute Gasteiger partial charge is 0.352 e. The Morgan fingerprint density at radius 2 is 2.25 bits per heavy atom. The zero-order valence-electron chi connectivity index (χ0n) is 10.9. The van der Waals surface area contributed by atoms with Crippen LogP contribution in [0, 0.1) is 0 Å². The van der Waals surface area contributed by atoms with Crippen molar-refractivity contribution in [2.24, 2.45) is 0 Å². The Labute approximate surface area is 118 Å². The van der Waals surface area contributed by atoms with E-state index in [1.165, 1.54) is 0 Å². The monoisotopic (exact) mass is 308 g/mol. The van der Waals surface area contributed by atoms with Gasteiger partial charge in [-0.25, -0.2) is 0 Å². The van der Waals surface area contributed by atoms with Gasteiger partial charge in [-0.05, 0) is 12.8 Å². The summed E-state index contributed by atoms with van der Waals surface area (Å²) in [5, 5.41) is 8.96. The van der Waals surface area contributed by atoms with E-state index in [9.17, 15) is 18.0 Å². The van der Waals surface area contributed by atoms with Crippen LogP contribution in [-0.2, 0) is 11.0 Å². The van der Waals surface area contributed by atoms with Gasteiger partial charge < -0.3 is 10.2 Å². The highest BCUT2D eigenvalue weighted by Crippen LogP contribution is 2.34. The molecule has 0 spiro atoms. The molecule has 1 amide bonds. The van der Waals surface area contributed by atoms with Crippen molar-refractivity contribution >= 4 is 22.4 Å². The van der Waals surface area contributed by atoms with Gasteiger partial charge in [-0.2, -0.15) is 13.2 Å². The van der Waals surface area contributed by atoms with E-state index in [-0.39, 0.29) is 17.1 Å². The molecule has 9 heteroatoms. The lowest BCUT2D eigenvalue weighted by Crippen LogP contribution is -2.47. The van der Waals surface area contributed by atoms with Crippen molar-refractivity contribution in [3.8, 4) is 0 Å². The van der Waals surface area contributed by atoms with Crippen LogP contribution in [-0.4, -0.2) is 35.2 Å². The van der Waals surface area contributed by atoms with Crippen molar-refractivity contribution in [3.63, 3.8) is 0 Å².